The summed E-state index contributed by atoms with van der Waals surface area (Å²) in [5, 5.41) is 0. The van der Waals surface area contributed by atoms with E-state index in [1.54, 1.807) is 0 Å². The van der Waals surface area contributed by atoms with Gasteiger partial charge < -0.3 is 6.42 Å². The van der Waals surface area contributed by atoms with Crippen LogP contribution >= 0.6 is 0 Å². The van der Waals surface area contributed by atoms with E-state index in [9.17, 15) is 0 Å². The predicted octanol–water partition coefficient (Wildman–Crippen LogP) is -1.36. The molecule has 0 saturated heterocycles. The van der Waals surface area contributed by atoms with Crippen LogP contribution in [0.3, 0.4) is 0 Å². The third-order valence-corrected chi connectivity index (χ3v) is 0.940. The van der Waals surface area contributed by atoms with Crippen LogP contribution in [0.5, 0.6) is 0 Å². The normalized spacial score (nSPS) is 42.1. The van der Waals surface area contributed by atoms with Gasteiger partial charge in [0, 0.05) is 0 Å². The average Bonchev–Trinajstić information content (AvgIpc) is 1.91. The summed E-state index contributed by atoms with van der Waals surface area (Å²) in [6.45, 7) is 2.05. The third kappa shape index (κ3) is 3.25. The summed E-state index contributed by atoms with van der Waals surface area (Å²) in [5.41, 5.74) is 0. The van der Waals surface area contributed by atoms with Crippen molar-refractivity contribution in [3.8, 4) is 0 Å². The Kier molecular flexibility index (Phi) is 4.35. The molecule has 0 aromatic carbocycles. The summed E-state index contributed by atoms with van der Waals surface area (Å²) in [6, 6.07) is 0. The molecule has 2 atom stereocenters. The summed E-state index contributed by atoms with van der Waals surface area (Å²) in [6.07, 6.45) is 5.95. The molecule has 1 fully saturated rings. The Labute approximate surface area is 89.9 Å². The average molecular weight is 121 g/mol. The van der Waals surface area contributed by atoms with Gasteiger partial charge in [-0.25, -0.2) is 0 Å². The van der Waals surface area contributed by atoms with Gasteiger partial charge in [0.05, 0.1) is 0 Å². The minimum Gasteiger partial charge on any atom is -0.327 e. The maximum Gasteiger partial charge on any atom is 1.00 e. The predicted molar refractivity (Wildman–Crippen MR) is 26.7 cm³/mol. The van der Waals surface area contributed by atoms with Crippen molar-refractivity contribution in [2.45, 2.75) is 13.3 Å². The minimum absolute atomic E-state index is 0. The summed E-state index contributed by atoms with van der Waals surface area (Å²) < 4.78 is 7.22. The van der Waals surface area contributed by atoms with Gasteiger partial charge >= 0.3 is 51.4 Å². The molecule has 0 heterocycles. The molecule has 0 amide bonds. The van der Waals surface area contributed by atoms with Crippen molar-refractivity contribution in [2.24, 2.45) is 5.92 Å². The zero-order valence-electron chi connectivity index (χ0n) is 5.89. The number of hydrogen-bond acceptors (Lipinski definition) is 0. The smallest absolute Gasteiger partial charge is 0.327 e. The second-order valence-corrected chi connectivity index (χ2v) is 1.63. The Bertz CT molecular complexity index is 57.5. The van der Waals surface area contributed by atoms with E-state index in [0.717, 1.165) is 0 Å². The molecule has 2 radical (unpaired) electrons. The molecule has 1 aliphatic carbocycles. The summed E-state index contributed by atoms with van der Waals surface area (Å²) in [7, 11) is 0. The molecule has 34 valence electrons. The molecule has 1 heteroatoms. The molecule has 7 heavy (non-hydrogen) atoms. The van der Waals surface area contributed by atoms with Crippen LogP contribution in [-0.2, 0) is 0 Å². The zero-order chi connectivity index (χ0) is 5.28. The second-order valence-electron chi connectivity index (χ2n) is 1.63. The van der Waals surface area contributed by atoms with E-state index in [0.29, 0.717) is 5.92 Å². The Hall–Kier alpha value is 1.64. The van der Waals surface area contributed by atoms with E-state index < -0.39 is 0 Å². The van der Waals surface area contributed by atoms with Crippen molar-refractivity contribution >= 4 is 0 Å². The van der Waals surface area contributed by atoms with Crippen molar-refractivity contribution in [3.05, 3.63) is 19.3 Å². The van der Waals surface area contributed by atoms with Crippen LogP contribution in [-0.4, -0.2) is 0 Å². The van der Waals surface area contributed by atoms with E-state index in [1.165, 1.54) is 0 Å². The van der Waals surface area contributed by atoms with Crippen molar-refractivity contribution in [1.82, 2.24) is 0 Å². The SMILES string of the molecule is [2H]C1[CH-][CH][CH]C1C.[K+]. The molecule has 2 unspecified atom stereocenters. The molecule has 0 aromatic heterocycles. The fourth-order valence-electron chi connectivity index (χ4n) is 0.543. The Morgan fingerprint density at radius 1 is 2.00 bits per heavy atom. The minimum atomic E-state index is 0. The molecular formula is C6H9K. The van der Waals surface area contributed by atoms with Crippen molar-refractivity contribution < 1.29 is 52.8 Å². The topological polar surface area (TPSA) is 0 Å². The molecule has 1 aliphatic rings. The Morgan fingerprint density at radius 2 is 2.71 bits per heavy atom. The van der Waals surface area contributed by atoms with E-state index >= 15 is 0 Å². The first kappa shape index (κ1) is 6.75. The van der Waals surface area contributed by atoms with Crippen molar-refractivity contribution in [3.63, 3.8) is 0 Å². The first-order valence-electron chi connectivity index (χ1n) is 2.82. The maximum atomic E-state index is 7.22. The summed E-state index contributed by atoms with van der Waals surface area (Å²) in [5.74, 6) is 0.444. The van der Waals surface area contributed by atoms with Gasteiger partial charge in [0.2, 0.25) is 0 Å². The van der Waals surface area contributed by atoms with E-state index in [-0.39, 0.29) is 57.8 Å². The van der Waals surface area contributed by atoms with Crippen LogP contribution in [0.15, 0.2) is 0 Å². The van der Waals surface area contributed by atoms with Crippen molar-refractivity contribution in [1.29, 1.82) is 0 Å². The number of hydrogen-bond donors (Lipinski definition) is 0. The molecule has 0 N–H and O–H groups in total. The molecule has 0 bridgehead atoms. The van der Waals surface area contributed by atoms with E-state index in [1.807, 2.05) is 12.8 Å². The van der Waals surface area contributed by atoms with Gasteiger partial charge in [-0.15, -0.1) is 0 Å². The largest absolute Gasteiger partial charge is 1.00 e. The molecule has 0 aliphatic heterocycles. The summed E-state index contributed by atoms with van der Waals surface area (Å²) >= 11 is 0. The van der Waals surface area contributed by atoms with E-state index in [4.69, 9.17) is 1.37 Å². The molecule has 1 rings (SSSR count). The van der Waals surface area contributed by atoms with Gasteiger partial charge in [0.1, 0.15) is 0 Å². The van der Waals surface area contributed by atoms with Crippen LogP contribution in [0, 0.1) is 25.2 Å². The van der Waals surface area contributed by atoms with Crippen LogP contribution < -0.4 is 51.4 Å². The second kappa shape index (κ2) is 4.51. The van der Waals surface area contributed by atoms with Gasteiger partial charge in [0.15, 0.2) is 0 Å². The van der Waals surface area contributed by atoms with Gasteiger partial charge in [0.25, 0.3) is 0 Å². The first-order chi connectivity index (χ1) is 3.30. The van der Waals surface area contributed by atoms with Gasteiger partial charge in [-0.3, -0.25) is 0 Å². The Balaban J connectivity index is 0.000000490. The van der Waals surface area contributed by atoms with Gasteiger partial charge in [-0.1, -0.05) is 19.3 Å². The standard InChI is InChI=1S/C6H9.K/c1-6-4-2-3-5-6;/h2-4,6H,5H2,1H3;/q-1;+1/i5D;. The first-order valence-corrected chi connectivity index (χ1v) is 2.24. The quantitative estimate of drug-likeness (QED) is 0.274. The van der Waals surface area contributed by atoms with Crippen LogP contribution in [0.1, 0.15) is 14.7 Å². The fourth-order valence-corrected chi connectivity index (χ4v) is 0.543. The molecule has 1 saturated carbocycles. The van der Waals surface area contributed by atoms with Crippen molar-refractivity contribution in [2.75, 3.05) is 0 Å². The molecule has 0 nitrogen and oxygen atoms in total. The Morgan fingerprint density at radius 3 is 2.86 bits per heavy atom. The zero-order valence-corrected chi connectivity index (χ0v) is 8.01. The fraction of sp³-hybridized carbons (Fsp3) is 0.500. The third-order valence-electron chi connectivity index (χ3n) is 0.940. The van der Waals surface area contributed by atoms with E-state index in [2.05, 4.69) is 13.3 Å². The van der Waals surface area contributed by atoms with Gasteiger partial charge in [-0.05, 0) is 1.37 Å². The molecule has 0 aromatic rings. The molecular weight excluding hydrogens is 111 g/mol. The molecule has 0 spiro atoms. The van der Waals surface area contributed by atoms with Gasteiger partial charge in [-0.2, -0.15) is 12.8 Å². The van der Waals surface area contributed by atoms with Crippen LogP contribution in [0.2, 0.25) is 0 Å². The van der Waals surface area contributed by atoms with Crippen LogP contribution in [0.4, 0.5) is 0 Å². The maximum absolute atomic E-state index is 7.22. The number of rotatable bonds is 0. The monoisotopic (exact) mass is 121 g/mol. The summed E-state index contributed by atoms with van der Waals surface area (Å²) in [4.78, 5) is 0. The van der Waals surface area contributed by atoms with Crippen LogP contribution in [0.25, 0.3) is 0 Å².